The predicted molar refractivity (Wildman–Crippen MR) is 61.2 cm³/mol. The fraction of sp³-hybridized carbons (Fsp3) is 0.273. The van der Waals surface area contributed by atoms with Crippen molar-refractivity contribution in [3.8, 4) is 12.3 Å². The second-order valence-corrected chi connectivity index (χ2v) is 4.32. The lowest BCUT2D eigenvalue weighted by atomic mass is 10.1. The molecule has 1 aromatic rings. The van der Waals surface area contributed by atoms with Crippen LogP contribution in [0.4, 0.5) is 5.82 Å². The molecule has 15 heavy (non-hydrogen) atoms. The van der Waals surface area contributed by atoms with Crippen molar-refractivity contribution >= 4 is 27.7 Å². The molecule has 2 rings (SSSR count). The van der Waals surface area contributed by atoms with Gasteiger partial charge in [0, 0.05) is 29.6 Å². The van der Waals surface area contributed by atoms with Gasteiger partial charge in [-0.2, -0.15) is 0 Å². The fourth-order valence-electron chi connectivity index (χ4n) is 1.57. The van der Waals surface area contributed by atoms with E-state index in [0.29, 0.717) is 18.8 Å². The third kappa shape index (κ3) is 2.02. The van der Waals surface area contributed by atoms with Gasteiger partial charge in [0.25, 0.3) is 0 Å². The smallest absolute Gasteiger partial charge is 0.229 e. The molecule has 0 aromatic carbocycles. The largest absolute Gasteiger partial charge is 0.296 e. The molecule has 0 bridgehead atoms. The maximum absolute atomic E-state index is 11.6. The van der Waals surface area contributed by atoms with Crippen LogP contribution in [-0.2, 0) is 4.79 Å². The number of hydrogen-bond acceptors (Lipinski definition) is 2. The lowest BCUT2D eigenvalue weighted by Crippen LogP contribution is -2.25. The molecule has 0 saturated carbocycles. The number of aromatic nitrogens is 1. The molecule has 76 valence electrons. The number of nitrogens with zero attached hydrogens (tertiary/aromatic N) is 2. The van der Waals surface area contributed by atoms with Gasteiger partial charge in [-0.25, -0.2) is 4.98 Å². The number of halogens is 1. The molecule has 1 aliphatic rings. The van der Waals surface area contributed by atoms with Crippen LogP contribution in [0.5, 0.6) is 0 Å². The van der Waals surface area contributed by atoms with Crippen LogP contribution in [0.15, 0.2) is 22.8 Å². The quantitative estimate of drug-likeness (QED) is 0.726. The Hall–Kier alpha value is -1.34. The minimum Gasteiger partial charge on any atom is -0.296 e. The van der Waals surface area contributed by atoms with E-state index in [1.54, 1.807) is 17.2 Å². The molecule has 0 radical (unpaired) electrons. The van der Waals surface area contributed by atoms with Crippen LogP contribution in [0.3, 0.4) is 0 Å². The van der Waals surface area contributed by atoms with Gasteiger partial charge in [-0.15, -0.1) is 12.3 Å². The van der Waals surface area contributed by atoms with Gasteiger partial charge in [0.15, 0.2) is 0 Å². The van der Waals surface area contributed by atoms with Gasteiger partial charge < -0.3 is 0 Å². The van der Waals surface area contributed by atoms with Crippen molar-refractivity contribution in [2.24, 2.45) is 5.92 Å². The molecule has 4 heteroatoms. The second-order valence-electron chi connectivity index (χ2n) is 3.41. The number of rotatable bonds is 1. The normalized spacial score (nSPS) is 20.4. The Balaban J connectivity index is 2.22. The number of anilines is 1. The number of pyridine rings is 1. The maximum Gasteiger partial charge on any atom is 0.229 e. The van der Waals surface area contributed by atoms with E-state index in [0.717, 1.165) is 4.47 Å². The zero-order valence-corrected chi connectivity index (χ0v) is 9.57. The summed E-state index contributed by atoms with van der Waals surface area (Å²) >= 11 is 3.30. The highest BCUT2D eigenvalue weighted by Gasteiger charge is 2.29. The molecule has 1 unspecified atom stereocenters. The minimum absolute atomic E-state index is 0.0166. The van der Waals surface area contributed by atoms with Gasteiger partial charge in [0.05, 0.1) is 0 Å². The summed E-state index contributed by atoms with van der Waals surface area (Å²) in [6.45, 7) is 0.573. The molecule has 1 aromatic heterocycles. The first-order valence-corrected chi connectivity index (χ1v) is 5.38. The summed E-state index contributed by atoms with van der Waals surface area (Å²) in [7, 11) is 0. The van der Waals surface area contributed by atoms with E-state index in [1.165, 1.54) is 0 Å². The molecular weight excluding hydrogens is 256 g/mol. The van der Waals surface area contributed by atoms with E-state index < -0.39 is 0 Å². The van der Waals surface area contributed by atoms with Gasteiger partial charge in [-0.1, -0.05) is 0 Å². The van der Waals surface area contributed by atoms with Crippen LogP contribution in [-0.4, -0.2) is 17.4 Å². The third-order valence-corrected chi connectivity index (χ3v) is 2.82. The molecule has 3 nitrogen and oxygen atoms in total. The van der Waals surface area contributed by atoms with E-state index in [2.05, 4.69) is 26.8 Å². The zero-order chi connectivity index (χ0) is 10.8. The average Bonchev–Trinajstić information content (AvgIpc) is 2.61. The van der Waals surface area contributed by atoms with E-state index in [1.807, 2.05) is 6.07 Å². The molecule has 0 aliphatic carbocycles. The van der Waals surface area contributed by atoms with Crippen LogP contribution >= 0.6 is 15.9 Å². The molecule has 1 saturated heterocycles. The SMILES string of the molecule is C#CC1CC(=O)N(c2ccc(Br)cn2)C1. The predicted octanol–water partition coefficient (Wildman–Crippen LogP) is 1.83. The van der Waals surface area contributed by atoms with Crippen molar-refractivity contribution in [2.45, 2.75) is 6.42 Å². The van der Waals surface area contributed by atoms with Crippen LogP contribution in [0, 0.1) is 18.3 Å². The molecule has 0 N–H and O–H groups in total. The summed E-state index contributed by atoms with van der Waals surface area (Å²) in [5, 5.41) is 0. The summed E-state index contributed by atoms with van der Waals surface area (Å²) < 4.78 is 0.895. The van der Waals surface area contributed by atoms with E-state index in [-0.39, 0.29) is 11.8 Å². The Morgan fingerprint density at radius 2 is 2.40 bits per heavy atom. The summed E-state index contributed by atoms with van der Waals surface area (Å²) in [5.74, 6) is 3.34. The Morgan fingerprint density at radius 1 is 1.60 bits per heavy atom. The van der Waals surface area contributed by atoms with E-state index >= 15 is 0 Å². The molecule has 1 aliphatic heterocycles. The van der Waals surface area contributed by atoms with Crippen molar-refractivity contribution in [1.29, 1.82) is 0 Å². The molecule has 1 fully saturated rings. The number of carbonyl (C=O) groups excluding carboxylic acids is 1. The van der Waals surface area contributed by atoms with Gasteiger partial charge in [-0.05, 0) is 28.1 Å². The highest BCUT2D eigenvalue weighted by atomic mass is 79.9. The van der Waals surface area contributed by atoms with Gasteiger partial charge in [-0.3, -0.25) is 9.69 Å². The van der Waals surface area contributed by atoms with Gasteiger partial charge in [0.1, 0.15) is 5.82 Å². The highest BCUT2D eigenvalue weighted by molar-refractivity contribution is 9.10. The van der Waals surface area contributed by atoms with E-state index in [4.69, 9.17) is 6.42 Å². The van der Waals surface area contributed by atoms with E-state index in [9.17, 15) is 4.79 Å². The van der Waals surface area contributed by atoms with Crippen molar-refractivity contribution in [3.05, 3.63) is 22.8 Å². The van der Waals surface area contributed by atoms with Crippen molar-refractivity contribution in [3.63, 3.8) is 0 Å². The van der Waals surface area contributed by atoms with Crippen LogP contribution in [0.25, 0.3) is 0 Å². The average molecular weight is 265 g/mol. The second kappa shape index (κ2) is 4.03. The lowest BCUT2D eigenvalue weighted by Gasteiger charge is -2.14. The number of amides is 1. The van der Waals surface area contributed by atoms with Crippen LogP contribution in [0.2, 0.25) is 0 Å². The van der Waals surface area contributed by atoms with Crippen molar-refractivity contribution in [1.82, 2.24) is 4.98 Å². The number of terminal acetylenes is 1. The summed E-state index contributed by atoms with van der Waals surface area (Å²) in [4.78, 5) is 17.4. The van der Waals surface area contributed by atoms with Crippen molar-refractivity contribution in [2.75, 3.05) is 11.4 Å². The lowest BCUT2D eigenvalue weighted by molar-refractivity contribution is -0.117. The van der Waals surface area contributed by atoms with Gasteiger partial charge >= 0.3 is 0 Å². The summed E-state index contributed by atoms with van der Waals surface area (Å²) in [6.07, 6.45) is 7.40. The van der Waals surface area contributed by atoms with Crippen LogP contribution in [0.1, 0.15) is 6.42 Å². The molecule has 1 atom stereocenters. The first-order valence-electron chi connectivity index (χ1n) is 4.59. The van der Waals surface area contributed by atoms with Crippen molar-refractivity contribution < 1.29 is 4.79 Å². The third-order valence-electron chi connectivity index (χ3n) is 2.35. The molecular formula is C11H9BrN2O. The molecule has 0 spiro atoms. The molecule has 2 heterocycles. The monoisotopic (exact) mass is 264 g/mol. The van der Waals surface area contributed by atoms with Crippen LogP contribution < -0.4 is 4.90 Å². The Labute approximate surface area is 96.6 Å². The first kappa shape index (κ1) is 10.2. The summed E-state index contributed by atoms with van der Waals surface area (Å²) in [6, 6.07) is 3.67. The first-order chi connectivity index (χ1) is 7.20. The Bertz CT molecular complexity index is 421. The molecule has 1 amide bonds. The standard InChI is InChI=1S/C11H9BrN2O/c1-2-8-5-11(15)14(7-8)10-4-3-9(12)6-13-10/h1,3-4,6,8H,5,7H2. The highest BCUT2D eigenvalue weighted by Crippen LogP contribution is 2.23. The maximum atomic E-state index is 11.6. The minimum atomic E-state index is 0.0166. The fourth-order valence-corrected chi connectivity index (χ4v) is 1.80. The number of hydrogen-bond donors (Lipinski definition) is 0. The number of carbonyl (C=O) groups is 1. The Kier molecular flexibility index (Phi) is 2.74. The zero-order valence-electron chi connectivity index (χ0n) is 7.98. The van der Waals surface area contributed by atoms with Gasteiger partial charge in [0.2, 0.25) is 5.91 Å². The Morgan fingerprint density at radius 3 is 2.93 bits per heavy atom. The summed E-state index contributed by atoms with van der Waals surface area (Å²) in [5.41, 5.74) is 0. The topological polar surface area (TPSA) is 33.2 Å².